The van der Waals surface area contributed by atoms with Gasteiger partial charge in [0.1, 0.15) is 11.7 Å². The van der Waals surface area contributed by atoms with Crippen LogP contribution < -0.4 is 0 Å². The summed E-state index contributed by atoms with van der Waals surface area (Å²) in [5.41, 5.74) is -0.686. The van der Waals surface area contributed by atoms with Crippen molar-refractivity contribution >= 4 is 29.9 Å². The molecule has 2 heterocycles. The van der Waals surface area contributed by atoms with E-state index in [2.05, 4.69) is 0 Å². The largest absolute Gasteiger partial charge is 0.466 e. The third-order valence-corrected chi connectivity index (χ3v) is 5.81. The summed E-state index contributed by atoms with van der Waals surface area (Å²) in [7, 11) is 0. The number of hydrogen-bond acceptors (Lipinski definition) is 7. The van der Waals surface area contributed by atoms with Gasteiger partial charge in [-0.3, -0.25) is 4.79 Å². The lowest BCUT2D eigenvalue weighted by Crippen LogP contribution is -2.62. The van der Waals surface area contributed by atoms with Crippen molar-refractivity contribution in [3.05, 3.63) is 0 Å². The minimum Gasteiger partial charge on any atom is -0.466 e. The second kappa shape index (κ2) is 5.58. The number of esters is 1. The molecule has 128 valence electrons. The third kappa shape index (κ3) is 2.66. The zero-order valence-corrected chi connectivity index (χ0v) is 14.4. The monoisotopic (exact) mass is 343 g/mol. The van der Waals surface area contributed by atoms with E-state index < -0.39 is 23.9 Å². The van der Waals surface area contributed by atoms with Gasteiger partial charge in [0, 0.05) is 16.9 Å². The zero-order chi connectivity index (χ0) is 16.9. The van der Waals surface area contributed by atoms with Gasteiger partial charge >= 0.3 is 18.2 Å². The highest BCUT2D eigenvalue weighted by Gasteiger charge is 2.69. The number of rotatable bonds is 2. The Morgan fingerprint density at radius 2 is 2.09 bits per heavy atom. The first-order valence-electron chi connectivity index (χ1n) is 7.75. The number of hydrogen-bond donors (Lipinski definition) is 0. The molecule has 0 radical (unpaired) electrons. The van der Waals surface area contributed by atoms with Crippen molar-refractivity contribution in [2.24, 2.45) is 11.8 Å². The van der Waals surface area contributed by atoms with Crippen molar-refractivity contribution in [2.75, 3.05) is 12.4 Å². The van der Waals surface area contributed by atoms with Crippen molar-refractivity contribution in [3.63, 3.8) is 0 Å². The molecule has 1 aliphatic carbocycles. The van der Waals surface area contributed by atoms with Crippen LogP contribution in [0.4, 0.5) is 9.59 Å². The van der Waals surface area contributed by atoms with Crippen LogP contribution in [-0.2, 0) is 19.0 Å². The van der Waals surface area contributed by atoms with Crippen LogP contribution in [-0.4, -0.2) is 58.4 Å². The van der Waals surface area contributed by atoms with E-state index in [4.69, 9.17) is 14.2 Å². The van der Waals surface area contributed by atoms with Gasteiger partial charge in [-0.25, -0.2) is 14.5 Å². The fourth-order valence-electron chi connectivity index (χ4n) is 3.40. The molecule has 7 nitrogen and oxygen atoms in total. The highest BCUT2D eigenvalue weighted by molar-refractivity contribution is 8.00. The van der Waals surface area contributed by atoms with Crippen LogP contribution >= 0.6 is 11.8 Å². The maximum absolute atomic E-state index is 12.3. The predicted molar refractivity (Wildman–Crippen MR) is 82.0 cm³/mol. The fraction of sp³-hybridized carbons (Fsp3) is 0.800. The Morgan fingerprint density at radius 1 is 1.39 bits per heavy atom. The van der Waals surface area contributed by atoms with Crippen LogP contribution in [0.15, 0.2) is 0 Å². The maximum Gasteiger partial charge on any atom is 0.420 e. The molecule has 0 aromatic rings. The summed E-state index contributed by atoms with van der Waals surface area (Å²) in [5.74, 6) is 0.0108. The van der Waals surface area contributed by atoms with E-state index in [1.807, 2.05) is 0 Å². The van der Waals surface area contributed by atoms with Crippen LogP contribution in [0, 0.1) is 11.8 Å². The van der Waals surface area contributed by atoms with Gasteiger partial charge in [-0.1, -0.05) is 0 Å². The molecule has 0 N–H and O–H groups in total. The Kier molecular flexibility index (Phi) is 3.98. The van der Waals surface area contributed by atoms with Gasteiger partial charge in [-0.05, 0) is 27.7 Å². The molecule has 8 heteroatoms. The molecule has 2 saturated heterocycles. The molecule has 3 aliphatic rings. The average Bonchev–Trinajstić information content (AvgIpc) is 2.91. The van der Waals surface area contributed by atoms with Crippen LogP contribution in [0.1, 0.15) is 27.7 Å². The molecule has 2 aliphatic heterocycles. The van der Waals surface area contributed by atoms with E-state index >= 15 is 0 Å². The molecule has 2 amide bonds. The van der Waals surface area contributed by atoms with Crippen molar-refractivity contribution in [1.29, 1.82) is 0 Å². The van der Waals surface area contributed by atoms with Gasteiger partial charge in [0.15, 0.2) is 0 Å². The molecule has 0 bridgehead atoms. The Labute approximate surface area is 139 Å². The number of thioether (sulfide) groups is 1. The first-order chi connectivity index (χ1) is 10.7. The second-order valence-electron chi connectivity index (χ2n) is 6.92. The lowest BCUT2D eigenvalue weighted by atomic mass is 9.70. The summed E-state index contributed by atoms with van der Waals surface area (Å²) in [5, 5.41) is 0.00775. The average molecular weight is 343 g/mol. The SMILES string of the molecule is CCOC(=O)[C@H]1CS[C@H]2[C@@H]1[C@H]1OC(=O)N(C(=O)OC(C)(C)C)[C@H]12. The molecular weight excluding hydrogens is 322 g/mol. The van der Waals surface area contributed by atoms with E-state index in [1.165, 1.54) is 0 Å². The normalized spacial score (nSPS) is 35.0. The molecule has 3 rings (SSSR count). The summed E-state index contributed by atoms with van der Waals surface area (Å²) in [6.45, 7) is 7.33. The van der Waals surface area contributed by atoms with Crippen molar-refractivity contribution in [1.82, 2.24) is 4.90 Å². The van der Waals surface area contributed by atoms with Gasteiger partial charge in [0.05, 0.1) is 18.6 Å². The minimum atomic E-state index is -0.688. The Bertz CT molecular complexity index is 545. The van der Waals surface area contributed by atoms with Gasteiger partial charge in [0.25, 0.3) is 0 Å². The summed E-state index contributed by atoms with van der Waals surface area (Å²) in [4.78, 5) is 37.4. The molecule has 0 aromatic heterocycles. The van der Waals surface area contributed by atoms with Crippen LogP contribution in [0.5, 0.6) is 0 Å². The predicted octanol–water partition coefficient (Wildman–Crippen LogP) is 2.04. The number of carbonyl (C=O) groups excluding carboxylic acids is 3. The smallest absolute Gasteiger partial charge is 0.420 e. The zero-order valence-electron chi connectivity index (χ0n) is 13.6. The summed E-state index contributed by atoms with van der Waals surface area (Å²) in [6, 6.07) is -0.355. The molecule has 0 spiro atoms. The van der Waals surface area contributed by atoms with Gasteiger partial charge in [0.2, 0.25) is 0 Å². The van der Waals surface area contributed by atoms with E-state index in [1.54, 1.807) is 39.5 Å². The molecule has 0 unspecified atom stereocenters. The van der Waals surface area contributed by atoms with Crippen LogP contribution in [0.2, 0.25) is 0 Å². The lowest BCUT2D eigenvalue weighted by Gasteiger charge is -2.44. The van der Waals surface area contributed by atoms with E-state index in [0.717, 1.165) is 4.90 Å². The minimum absolute atomic E-state index is 0.00775. The van der Waals surface area contributed by atoms with E-state index in [-0.39, 0.29) is 29.1 Å². The number of fused-ring (bicyclic) bond motifs is 4. The Balaban J connectivity index is 1.73. The summed E-state index contributed by atoms with van der Waals surface area (Å²) in [6.07, 6.45) is -1.81. The van der Waals surface area contributed by atoms with Crippen LogP contribution in [0.3, 0.4) is 0 Å². The number of nitrogens with zero attached hydrogens (tertiary/aromatic N) is 1. The Hall–Kier alpha value is -1.44. The topological polar surface area (TPSA) is 82.1 Å². The number of amides is 2. The fourth-order valence-corrected chi connectivity index (χ4v) is 5.22. The summed E-state index contributed by atoms with van der Waals surface area (Å²) >= 11 is 1.59. The molecule has 23 heavy (non-hydrogen) atoms. The Morgan fingerprint density at radius 3 is 2.70 bits per heavy atom. The third-order valence-electron chi connectivity index (χ3n) is 4.28. The van der Waals surface area contributed by atoms with Crippen molar-refractivity contribution in [3.8, 4) is 0 Å². The highest BCUT2D eigenvalue weighted by Crippen LogP contribution is 2.56. The highest BCUT2D eigenvalue weighted by atomic mass is 32.2. The standard InChI is InChI=1S/C15H21NO6S/c1-5-20-12(17)7-6-23-11-8(7)10-9(11)16(13(18)21-10)14(19)22-15(2,3)4/h7-11H,5-6H2,1-4H3/t7-,8-,9+,10+,11-/m0/s1. The molecule has 1 saturated carbocycles. The quantitative estimate of drug-likeness (QED) is 0.560. The van der Waals surface area contributed by atoms with E-state index in [0.29, 0.717) is 12.4 Å². The maximum atomic E-state index is 12.3. The molecule has 3 fully saturated rings. The summed E-state index contributed by atoms with van der Waals surface area (Å²) < 4.78 is 15.7. The van der Waals surface area contributed by atoms with E-state index in [9.17, 15) is 14.4 Å². The molecular formula is C15H21NO6S. The van der Waals surface area contributed by atoms with Gasteiger partial charge in [-0.2, -0.15) is 11.8 Å². The van der Waals surface area contributed by atoms with Gasteiger partial charge < -0.3 is 14.2 Å². The molecule has 5 atom stereocenters. The van der Waals surface area contributed by atoms with Crippen molar-refractivity contribution < 1.29 is 28.6 Å². The number of carbonyl (C=O) groups is 3. The van der Waals surface area contributed by atoms with Gasteiger partial charge in [-0.15, -0.1) is 0 Å². The van der Waals surface area contributed by atoms with Crippen LogP contribution in [0.25, 0.3) is 0 Å². The van der Waals surface area contributed by atoms with Crippen molar-refractivity contribution in [2.45, 2.75) is 50.7 Å². The number of imide groups is 1. The first-order valence-corrected chi connectivity index (χ1v) is 8.80. The number of ether oxygens (including phenoxy) is 3. The first kappa shape index (κ1) is 16.4. The molecule has 0 aromatic carbocycles. The lowest BCUT2D eigenvalue weighted by molar-refractivity contribution is -0.152. The second-order valence-corrected chi connectivity index (χ2v) is 8.13.